The molecule has 0 saturated carbocycles. The molecule has 0 aliphatic heterocycles. The van der Waals surface area contributed by atoms with Gasteiger partial charge in [0.2, 0.25) is 0 Å². The van der Waals surface area contributed by atoms with Crippen molar-refractivity contribution >= 4 is 5.97 Å². The number of alkyl halides is 5. The number of ether oxygens (including phenoxy) is 1. The van der Waals surface area contributed by atoms with Crippen LogP contribution < -0.4 is 5.43 Å². The van der Waals surface area contributed by atoms with E-state index in [0.717, 1.165) is 0 Å². The van der Waals surface area contributed by atoms with Gasteiger partial charge in [0, 0.05) is 6.07 Å². The maximum Gasteiger partial charge on any atom is 0.431 e. The molecular weight excluding hydrogens is 277 g/mol. The number of carbonyl (C=O) groups excluding carboxylic acids is 1. The molecule has 19 heavy (non-hydrogen) atoms. The highest BCUT2D eigenvalue weighted by Crippen LogP contribution is 2.29. The van der Waals surface area contributed by atoms with E-state index in [0.29, 0.717) is 0 Å². The molecule has 0 unspecified atom stereocenters. The molecule has 0 radical (unpaired) electrons. The zero-order valence-corrected chi connectivity index (χ0v) is 9.48. The minimum absolute atomic E-state index is 0.0398. The van der Waals surface area contributed by atoms with E-state index in [1.165, 1.54) is 11.9 Å². The second kappa shape index (κ2) is 5.37. The molecule has 1 aromatic heterocycles. The van der Waals surface area contributed by atoms with Crippen molar-refractivity contribution in [1.82, 2.24) is 4.98 Å². The van der Waals surface area contributed by atoms with Crippen molar-refractivity contribution < 1.29 is 31.5 Å². The van der Waals surface area contributed by atoms with Crippen molar-refractivity contribution in [3.05, 3.63) is 33.2 Å². The van der Waals surface area contributed by atoms with Crippen LogP contribution in [0.5, 0.6) is 0 Å². The van der Waals surface area contributed by atoms with Crippen LogP contribution in [0.3, 0.4) is 0 Å². The molecule has 1 rings (SSSR count). The van der Waals surface area contributed by atoms with Crippen LogP contribution in [0.1, 0.15) is 35.1 Å². The predicted molar refractivity (Wildman–Crippen MR) is 53.0 cm³/mol. The Labute approximate surface area is 103 Å². The first-order chi connectivity index (χ1) is 8.68. The second-order valence-electron chi connectivity index (χ2n) is 3.35. The van der Waals surface area contributed by atoms with E-state index in [1.807, 2.05) is 0 Å². The summed E-state index contributed by atoms with van der Waals surface area (Å²) in [5, 5.41) is 0. The van der Waals surface area contributed by atoms with Crippen LogP contribution in [0, 0.1) is 0 Å². The number of pyridine rings is 1. The number of aromatic amines is 1. The molecular formula is C10H8F5NO3. The van der Waals surface area contributed by atoms with Gasteiger partial charge < -0.3 is 9.72 Å². The van der Waals surface area contributed by atoms with Crippen LogP contribution in [0.25, 0.3) is 0 Å². The maximum absolute atomic E-state index is 12.6. The molecule has 0 saturated heterocycles. The van der Waals surface area contributed by atoms with Crippen molar-refractivity contribution in [2.75, 3.05) is 6.61 Å². The van der Waals surface area contributed by atoms with E-state index in [9.17, 15) is 31.5 Å². The van der Waals surface area contributed by atoms with Crippen LogP contribution in [0.4, 0.5) is 22.0 Å². The van der Waals surface area contributed by atoms with E-state index >= 15 is 0 Å². The summed E-state index contributed by atoms with van der Waals surface area (Å²) in [6, 6.07) is 0.0398. The summed E-state index contributed by atoms with van der Waals surface area (Å²) < 4.78 is 66.7. The number of hydrogen-bond acceptors (Lipinski definition) is 3. The lowest BCUT2D eigenvalue weighted by Crippen LogP contribution is -2.25. The van der Waals surface area contributed by atoms with Gasteiger partial charge in [-0.1, -0.05) is 0 Å². The highest BCUT2D eigenvalue weighted by atomic mass is 19.4. The van der Waals surface area contributed by atoms with Gasteiger partial charge in [-0.3, -0.25) is 4.79 Å². The van der Waals surface area contributed by atoms with Gasteiger partial charge in [0.15, 0.2) is 5.43 Å². The Morgan fingerprint density at radius 2 is 2.00 bits per heavy atom. The Morgan fingerprint density at radius 1 is 1.42 bits per heavy atom. The summed E-state index contributed by atoms with van der Waals surface area (Å²) in [7, 11) is 0. The molecule has 0 amide bonds. The Balaban J connectivity index is 3.49. The summed E-state index contributed by atoms with van der Waals surface area (Å²) in [5.74, 6) is -1.40. The quantitative estimate of drug-likeness (QED) is 0.685. The highest BCUT2D eigenvalue weighted by molar-refractivity contribution is 5.90. The monoisotopic (exact) mass is 285 g/mol. The Bertz CT molecular complexity index is 535. The third-order valence-corrected chi connectivity index (χ3v) is 2.06. The van der Waals surface area contributed by atoms with Gasteiger partial charge in [-0.25, -0.2) is 13.6 Å². The molecule has 0 atom stereocenters. The fourth-order valence-electron chi connectivity index (χ4n) is 1.31. The zero-order valence-electron chi connectivity index (χ0n) is 9.48. The zero-order chi connectivity index (χ0) is 14.8. The van der Waals surface area contributed by atoms with Gasteiger partial charge in [0.1, 0.15) is 17.0 Å². The Kier molecular flexibility index (Phi) is 4.28. The van der Waals surface area contributed by atoms with Gasteiger partial charge in [-0.15, -0.1) is 0 Å². The number of aromatic nitrogens is 1. The van der Waals surface area contributed by atoms with Crippen LogP contribution >= 0.6 is 0 Å². The molecule has 1 N–H and O–H groups in total. The number of rotatable bonds is 3. The first-order valence-electron chi connectivity index (χ1n) is 4.98. The molecule has 0 fully saturated rings. The van der Waals surface area contributed by atoms with Crippen LogP contribution in [0.2, 0.25) is 0 Å². The number of esters is 1. The van der Waals surface area contributed by atoms with Crippen molar-refractivity contribution in [3.8, 4) is 0 Å². The fraction of sp³-hybridized carbons (Fsp3) is 0.400. The topological polar surface area (TPSA) is 59.2 Å². The fourth-order valence-corrected chi connectivity index (χ4v) is 1.31. The van der Waals surface area contributed by atoms with E-state index < -0.39 is 41.0 Å². The second-order valence-corrected chi connectivity index (χ2v) is 3.35. The standard InChI is InChI=1S/C10H8F5NO3/c1-2-19-9(18)6-4(17)3-5(10(13,14)15)16-7(6)8(11)12/h3,8H,2H2,1H3,(H,16,17). The Morgan fingerprint density at radius 3 is 2.42 bits per heavy atom. The maximum atomic E-state index is 12.6. The molecule has 0 aliphatic carbocycles. The van der Waals surface area contributed by atoms with E-state index in [1.54, 1.807) is 0 Å². The lowest BCUT2D eigenvalue weighted by molar-refractivity contribution is -0.141. The molecule has 9 heteroatoms. The van der Waals surface area contributed by atoms with Crippen LogP contribution in [-0.4, -0.2) is 17.6 Å². The number of H-pyrrole nitrogens is 1. The number of hydrogen-bond donors (Lipinski definition) is 1. The summed E-state index contributed by atoms with van der Waals surface area (Å²) in [6.45, 7) is 1.15. The molecule has 106 valence electrons. The Hall–Kier alpha value is -1.93. The molecule has 1 heterocycles. The van der Waals surface area contributed by atoms with E-state index in [4.69, 9.17) is 0 Å². The van der Waals surface area contributed by atoms with E-state index in [2.05, 4.69) is 4.74 Å². The van der Waals surface area contributed by atoms with Crippen molar-refractivity contribution in [2.24, 2.45) is 0 Å². The van der Waals surface area contributed by atoms with Crippen molar-refractivity contribution in [3.63, 3.8) is 0 Å². The highest BCUT2D eigenvalue weighted by Gasteiger charge is 2.35. The largest absolute Gasteiger partial charge is 0.462 e. The summed E-state index contributed by atoms with van der Waals surface area (Å²) in [6.07, 6.45) is -8.45. The predicted octanol–water partition coefficient (Wildman–Crippen LogP) is 2.51. The van der Waals surface area contributed by atoms with Gasteiger partial charge in [-0.2, -0.15) is 13.2 Å². The first kappa shape index (κ1) is 15.1. The first-order valence-corrected chi connectivity index (χ1v) is 4.98. The molecule has 0 aromatic carbocycles. The summed E-state index contributed by atoms with van der Waals surface area (Å²) in [4.78, 5) is 24.0. The molecule has 0 aliphatic rings. The van der Waals surface area contributed by atoms with Crippen LogP contribution in [0.15, 0.2) is 10.9 Å². The minimum Gasteiger partial charge on any atom is -0.462 e. The number of nitrogens with one attached hydrogen (secondary N) is 1. The van der Waals surface area contributed by atoms with Gasteiger partial charge in [0.25, 0.3) is 6.43 Å². The lowest BCUT2D eigenvalue weighted by atomic mass is 10.1. The third kappa shape index (κ3) is 3.30. The van der Waals surface area contributed by atoms with Crippen molar-refractivity contribution in [1.29, 1.82) is 0 Å². The SMILES string of the molecule is CCOC(=O)c1c(C(F)F)[nH]c(C(F)(F)F)cc1=O. The number of carbonyl (C=O) groups is 1. The average molecular weight is 285 g/mol. The van der Waals surface area contributed by atoms with Crippen molar-refractivity contribution in [2.45, 2.75) is 19.5 Å². The minimum atomic E-state index is -5.00. The molecule has 0 spiro atoms. The smallest absolute Gasteiger partial charge is 0.431 e. The molecule has 0 bridgehead atoms. The van der Waals surface area contributed by atoms with E-state index in [-0.39, 0.29) is 12.7 Å². The van der Waals surface area contributed by atoms with Gasteiger partial charge >= 0.3 is 12.1 Å². The van der Waals surface area contributed by atoms with Gasteiger partial charge in [0.05, 0.1) is 6.61 Å². The summed E-state index contributed by atoms with van der Waals surface area (Å²) in [5.41, 5.74) is -5.65. The summed E-state index contributed by atoms with van der Waals surface area (Å²) >= 11 is 0. The third-order valence-electron chi connectivity index (χ3n) is 2.06. The molecule has 1 aromatic rings. The van der Waals surface area contributed by atoms with Crippen LogP contribution in [-0.2, 0) is 10.9 Å². The lowest BCUT2D eigenvalue weighted by Gasteiger charge is -2.12. The molecule has 4 nitrogen and oxygen atoms in total. The average Bonchev–Trinajstić information content (AvgIpc) is 2.26. The van der Waals surface area contributed by atoms with Gasteiger partial charge in [-0.05, 0) is 6.92 Å². The number of halogens is 5. The normalized spacial score (nSPS) is 11.7.